The number of methoxy groups -OCH3 is 1. The fourth-order valence-electron chi connectivity index (χ4n) is 0.912. The Hall–Kier alpha value is -0.850. The SMILES string of the molecule is COCCOCCNC(=NCC(C)C)NN. The molecule has 6 heteroatoms. The lowest BCUT2D eigenvalue weighted by Gasteiger charge is -2.10. The normalized spacial score (nSPS) is 11.9. The van der Waals surface area contributed by atoms with Gasteiger partial charge in [-0.15, -0.1) is 0 Å². The first-order chi connectivity index (χ1) is 7.70. The third kappa shape index (κ3) is 9.70. The molecule has 0 rings (SSSR count). The summed E-state index contributed by atoms with van der Waals surface area (Å²) in [6.45, 7) is 7.45. The van der Waals surface area contributed by atoms with Crippen LogP contribution in [0.1, 0.15) is 13.8 Å². The second-order valence-corrected chi connectivity index (χ2v) is 3.76. The van der Waals surface area contributed by atoms with E-state index in [1.165, 1.54) is 0 Å². The zero-order valence-electron chi connectivity index (χ0n) is 10.5. The summed E-state index contributed by atoms with van der Waals surface area (Å²) in [5, 5.41) is 3.05. The van der Waals surface area contributed by atoms with E-state index in [0.717, 1.165) is 6.54 Å². The molecular formula is C10H24N4O2. The number of guanidine groups is 1. The summed E-state index contributed by atoms with van der Waals surface area (Å²) >= 11 is 0. The summed E-state index contributed by atoms with van der Waals surface area (Å²) in [6.07, 6.45) is 0. The number of nitrogens with zero attached hydrogens (tertiary/aromatic N) is 1. The lowest BCUT2D eigenvalue weighted by Crippen LogP contribution is -2.43. The Labute approximate surface area is 97.6 Å². The molecule has 0 aliphatic heterocycles. The maximum absolute atomic E-state index is 5.32. The highest BCUT2D eigenvalue weighted by molar-refractivity contribution is 5.79. The summed E-state index contributed by atoms with van der Waals surface area (Å²) in [5.41, 5.74) is 2.52. The standard InChI is InChI=1S/C10H24N4O2/c1-9(2)8-13-10(14-11)12-4-5-16-7-6-15-3/h9H,4-8,11H2,1-3H3,(H2,12,13,14). The van der Waals surface area contributed by atoms with Crippen LogP contribution in [0, 0.1) is 5.92 Å². The molecule has 6 nitrogen and oxygen atoms in total. The molecular weight excluding hydrogens is 208 g/mol. The summed E-state index contributed by atoms with van der Waals surface area (Å²) < 4.78 is 10.1. The molecule has 0 spiro atoms. The van der Waals surface area contributed by atoms with E-state index >= 15 is 0 Å². The van der Waals surface area contributed by atoms with Gasteiger partial charge in [-0.25, -0.2) is 5.84 Å². The van der Waals surface area contributed by atoms with Gasteiger partial charge < -0.3 is 14.8 Å². The average molecular weight is 232 g/mol. The van der Waals surface area contributed by atoms with Gasteiger partial charge in [0, 0.05) is 20.2 Å². The fraction of sp³-hybridized carbons (Fsp3) is 0.900. The molecule has 16 heavy (non-hydrogen) atoms. The summed E-state index contributed by atoms with van der Waals surface area (Å²) in [5.74, 6) is 6.44. The van der Waals surface area contributed by atoms with Crippen LogP contribution in [-0.4, -0.2) is 46.0 Å². The Bertz CT molecular complexity index is 186. The predicted octanol–water partition coefficient (Wildman–Crippen LogP) is -0.286. The van der Waals surface area contributed by atoms with Crippen LogP contribution >= 0.6 is 0 Å². The van der Waals surface area contributed by atoms with Crippen LogP contribution < -0.4 is 16.6 Å². The lowest BCUT2D eigenvalue weighted by atomic mass is 10.2. The molecule has 0 heterocycles. The van der Waals surface area contributed by atoms with Crippen molar-refractivity contribution in [3.63, 3.8) is 0 Å². The first-order valence-electron chi connectivity index (χ1n) is 5.52. The molecule has 0 amide bonds. The van der Waals surface area contributed by atoms with Crippen LogP contribution in [0.3, 0.4) is 0 Å². The third-order valence-corrected chi connectivity index (χ3v) is 1.72. The number of ether oxygens (including phenoxy) is 2. The summed E-state index contributed by atoms with van der Waals surface area (Å²) in [7, 11) is 1.65. The van der Waals surface area contributed by atoms with Crippen LogP contribution in [0.15, 0.2) is 4.99 Å². The van der Waals surface area contributed by atoms with Crippen molar-refractivity contribution in [3.05, 3.63) is 0 Å². The van der Waals surface area contributed by atoms with E-state index in [4.69, 9.17) is 15.3 Å². The van der Waals surface area contributed by atoms with Crippen molar-refractivity contribution in [2.75, 3.05) is 40.0 Å². The van der Waals surface area contributed by atoms with Gasteiger partial charge in [0.25, 0.3) is 0 Å². The van der Waals surface area contributed by atoms with E-state index in [1.54, 1.807) is 7.11 Å². The minimum Gasteiger partial charge on any atom is -0.382 e. The third-order valence-electron chi connectivity index (χ3n) is 1.72. The largest absolute Gasteiger partial charge is 0.382 e. The monoisotopic (exact) mass is 232 g/mol. The van der Waals surface area contributed by atoms with Gasteiger partial charge in [0.05, 0.1) is 19.8 Å². The highest BCUT2D eigenvalue weighted by Gasteiger charge is 1.96. The van der Waals surface area contributed by atoms with Crippen LogP contribution in [0.25, 0.3) is 0 Å². The highest BCUT2D eigenvalue weighted by Crippen LogP contribution is 1.90. The molecule has 0 atom stereocenters. The number of rotatable bonds is 8. The molecule has 0 aromatic carbocycles. The number of hydrazine groups is 1. The Kier molecular flexibility index (Phi) is 10.1. The first kappa shape index (κ1) is 15.2. The number of aliphatic imine (C=N–C) groups is 1. The lowest BCUT2D eigenvalue weighted by molar-refractivity contribution is 0.0733. The van der Waals surface area contributed by atoms with Crippen molar-refractivity contribution in [3.8, 4) is 0 Å². The molecule has 0 aromatic heterocycles. The van der Waals surface area contributed by atoms with Gasteiger partial charge in [-0.3, -0.25) is 10.4 Å². The van der Waals surface area contributed by atoms with E-state index in [1.807, 2.05) is 0 Å². The summed E-state index contributed by atoms with van der Waals surface area (Å²) in [6, 6.07) is 0. The van der Waals surface area contributed by atoms with Crippen molar-refractivity contribution < 1.29 is 9.47 Å². The van der Waals surface area contributed by atoms with Crippen molar-refractivity contribution in [1.29, 1.82) is 0 Å². The Balaban J connectivity index is 3.51. The van der Waals surface area contributed by atoms with Crippen molar-refractivity contribution in [1.82, 2.24) is 10.7 Å². The van der Waals surface area contributed by atoms with Crippen LogP contribution in [0.2, 0.25) is 0 Å². The van der Waals surface area contributed by atoms with Gasteiger partial charge in [0.2, 0.25) is 5.96 Å². The molecule has 0 saturated carbocycles. The molecule has 0 unspecified atom stereocenters. The molecule has 4 N–H and O–H groups in total. The average Bonchev–Trinajstić information content (AvgIpc) is 2.27. The Morgan fingerprint density at radius 1 is 1.31 bits per heavy atom. The van der Waals surface area contributed by atoms with Crippen LogP contribution in [-0.2, 0) is 9.47 Å². The smallest absolute Gasteiger partial charge is 0.205 e. The summed E-state index contributed by atoms with van der Waals surface area (Å²) in [4.78, 5) is 4.26. The molecule has 0 bridgehead atoms. The Morgan fingerprint density at radius 2 is 2.06 bits per heavy atom. The number of hydrogen-bond acceptors (Lipinski definition) is 4. The second kappa shape index (κ2) is 10.7. The molecule has 0 aliphatic carbocycles. The van der Waals surface area contributed by atoms with Crippen molar-refractivity contribution in [2.45, 2.75) is 13.8 Å². The quantitative estimate of drug-likeness (QED) is 0.176. The zero-order valence-corrected chi connectivity index (χ0v) is 10.5. The fourth-order valence-corrected chi connectivity index (χ4v) is 0.912. The number of nitrogens with one attached hydrogen (secondary N) is 2. The highest BCUT2D eigenvalue weighted by atomic mass is 16.5. The van der Waals surface area contributed by atoms with Gasteiger partial charge in [0.15, 0.2) is 0 Å². The van der Waals surface area contributed by atoms with Crippen LogP contribution in [0.4, 0.5) is 0 Å². The van der Waals surface area contributed by atoms with E-state index < -0.39 is 0 Å². The number of nitrogens with two attached hydrogens (primary N) is 1. The minimum atomic E-state index is 0.517. The van der Waals surface area contributed by atoms with E-state index in [9.17, 15) is 0 Å². The second-order valence-electron chi connectivity index (χ2n) is 3.76. The molecule has 0 saturated heterocycles. The van der Waals surface area contributed by atoms with Gasteiger partial charge in [-0.1, -0.05) is 13.8 Å². The maximum atomic E-state index is 5.32. The van der Waals surface area contributed by atoms with Crippen molar-refractivity contribution >= 4 is 5.96 Å². The molecule has 0 fully saturated rings. The topological polar surface area (TPSA) is 80.9 Å². The first-order valence-corrected chi connectivity index (χ1v) is 5.52. The van der Waals surface area contributed by atoms with Crippen molar-refractivity contribution in [2.24, 2.45) is 16.8 Å². The zero-order chi connectivity index (χ0) is 12.2. The molecule has 0 aromatic rings. The number of hydrogen-bond donors (Lipinski definition) is 3. The Morgan fingerprint density at radius 3 is 2.62 bits per heavy atom. The maximum Gasteiger partial charge on any atom is 0.205 e. The minimum absolute atomic E-state index is 0.517. The van der Waals surface area contributed by atoms with Gasteiger partial charge in [-0.2, -0.15) is 0 Å². The van der Waals surface area contributed by atoms with Gasteiger partial charge in [-0.05, 0) is 5.92 Å². The van der Waals surface area contributed by atoms with Crippen LogP contribution in [0.5, 0.6) is 0 Å². The van der Waals surface area contributed by atoms with Gasteiger partial charge in [0.1, 0.15) is 0 Å². The van der Waals surface area contributed by atoms with E-state index in [-0.39, 0.29) is 0 Å². The molecule has 0 radical (unpaired) electrons. The van der Waals surface area contributed by atoms with E-state index in [2.05, 4.69) is 29.6 Å². The van der Waals surface area contributed by atoms with Gasteiger partial charge >= 0.3 is 0 Å². The predicted molar refractivity (Wildman–Crippen MR) is 65.2 cm³/mol. The van der Waals surface area contributed by atoms with E-state index in [0.29, 0.717) is 38.2 Å². The molecule has 96 valence electrons. The molecule has 0 aliphatic rings.